The number of rotatable bonds is 7. The second kappa shape index (κ2) is 7.74. The van der Waals surface area contributed by atoms with Crippen molar-refractivity contribution in [1.29, 1.82) is 0 Å². The van der Waals surface area contributed by atoms with Gasteiger partial charge in [-0.15, -0.1) is 0 Å². The number of aromatic nitrogens is 2. The van der Waals surface area contributed by atoms with E-state index >= 15 is 0 Å². The van der Waals surface area contributed by atoms with Crippen LogP contribution in [0.4, 0.5) is 0 Å². The van der Waals surface area contributed by atoms with E-state index in [4.69, 9.17) is 9.47 Å². The molecule has 5 nitrogen and oxygen atoms in total. The predicted octanol–water partition coefficient (Wildman–Crippen LogP) is 4.39. The minimum atomic E-state index is -0.0933. The van der Waals surface area contributed by atoms with E-state index < -0.39 is 0 Å². The molecule has 0 radical (unpaired) electrons. The number of nitrogens with zero attached hydrogens (tertiary/aromatic N) is 2. The summed E-state index contributed by atoms with van der Waals surface area (Å²) in [4.78, 5) is 12.9. The summed E-state index contributed by atoms with van der Waals surface area (Å²) in [6, 6.07) is 11.7. The van der Waals surface area contributed by atoms with E-state index in [9.17, 15) is 4.79 Å². The van der Waals surface area contributed by atoms with Gasteiger partial charge >= 0.3 is 5.69 Å². The van der Waals surface area contributed by atoms with Crippen molar-refractivity contribution in [3.63, 3.8) is 0 Å². The van der Waals surface area contributed by atoms with Crippen LogP contribution in [0.25, 0.3) is 16.7 Å². The Morgan fingerprint density at radius 3 is 2.22 bits per heavy atom. The Bertz CT molecular complexity index is 1040. The van der Waals surface area contributed by atoms with Gasteiger partial charge in [0, 0.05) is 5.70 Å². The lowest BCUT2D eigenvalue weighted by Crippen LogP contribution is -2.25. The molecule has 0 atom stereocenters. The Balaban J connectivity index is 1.92. The summed E-state index contributed by atoms with van der Waals surface area (Å²) in [5, 5.41) is 0. The number of ether oxygens (including phenoxy) is 2. The summed E-state index contributed by atoms with van der Waals surface area (Å²) in [6.07, 6.45) is 0. The van der Waals surface area contributed by atoms with Gasteiger partial charge in [0.25, 0.3) is 0 Å². The molecule has 0 aliphatic heterocycles. The van der Waals surface area contributed by atoms with Crippen LogP contribution < -0.4 is 15.2 Å². The van der Waals surface area contributed by atoms with Crippen molar-refractivity contribution >= 4 is 16.7 Å². The van der Waals surface area contributed by atoms with Crippen molar-refractivity contribution in [1.82, 2.24) is 9.13 Å². The highest BCUT2D eigenvalue weighted by molar-refractivity contribution is 5.81. The highest BCUT2D eigenvalue weighted by atomic mass is 16.5. The Labute approximate surface area is 159 Å². The zero-order chi connectivity index (χ0) is 19.6. The van der Waals surface area contributed by atoms with E-state index in [1.807, 2.05) is 51.1 Å². The van der Waals surface area contributed by atoms with Crippen molar-refractivity contribution < 1.29 is 9.47 Å². The second-order valence-corrected chi connectivity index (χ2v) is 6.66. The third kappa shape index (κ3) is 3.63. The van der Waals surface area contributed by atoms with Gasteiger partial charge in [0.2, 0.25) is 0 Å². The number of imidazole rings is 1. The molecule has 0 spiro atoms. The lowest BCUT2D eigenvalue weighted by atomic mass is 10.1. The molecule has 0 bridgehead atoms. The number of para-hydroxylation sites is 2. The second-order valence-electron chi connectivity index (χ2n) is 6.66. The largest absolute Gasteiger partial charge is 0.490 e. The third-order valence-electron chi connectivity index (χ3n) is 4.65. The topological polar surface area (TPSA) is 45.4 Å². The Hall–Kier alpha value is -2.95. The van der Waals surface area contributed by atoms with Gasteiger partial charge in [0.1, 0.15) is 6.61 Å². The molecular formula is C22H26N2O3. The highest BCUT2D eigenvalue weighted by Crippen LogP contribution is 2.26. The fourth-order valence-corrected chi connectivity index (χ4v) is 3.18. The van der Waals surface area contributed by atoms with Crippen LogP contribution in [0.1, 0.15) is 25.0 Å². The smallest absolute Gasteiger partial charge is 0.333 e. The van der Waals surface area contributed by atoms with Gasteiger partial charge in [0.05, 0.1) is 24.2 Å². The van der Waals surface area contributed by atoms with E-state index in [1.54, 1.807) is 9.13 Å². The molecule has 0 fully saturated rings. The number of allylic oxidation sites excluding steroid dienone is 1. The van der Waals surface area contributed by atoms with Crippen molar-refractivity contribution in [2.45, 2.75) is 34.2 Å². The molecule has 3 aromatic rings. The SMILES string of the molecule is C=C(C)n1c(=O)n(CCOc2ccccc2OCC)c2cc(C)c(C)cc21. The van der Waals surface area contributed by atoms with Gasteiger partial charge in [-0.25, -0.2) is 4.79 Å². The first-order chi connectivity index (χ1) is 12.9. The maximum atomic E-state index is 12.9. The van der Waals surface area contributed by atoms with Crippen LogP contribution in [0.5, 0.6) is 11.5 Å². The summed E-state index contributed by atoms with van der Waals surface area (Å²) in [7, 11) is 0. The molecule has 142 valence electrons. The molecular weight excluding hydrogens is 340 g/mol. The molecule has 27 heavy (non-hydrogen) atoms. The lowest BCUT2D eigenvalue weighted by Gasteiger charge is -2.12. The zero-order valence-corrected chi connectivity index (χ0v) is 16.4. The molecule has 0 amide bonds. The van der Waals surface area contributed by atoms with Crippen LogP contribution in [-0.2, 0) is 6.54 Å². The molecule has 1 aromatic heterocycles. The molecule has 3 rings (SSSR count). The van der Waals surface area contributed by atoms with Gasteiger partial charge in [-0.05, 0) is 63.1 Å². The summed E-state index contributed by atoms with van der Waals surface area (Å²) >= 11 is 0. The molecule has 0 unspecified atom stereocenters. The van der Waals surface area contributed by atoms with E-state index in [-0.39, 0.29) is 5.69 Å². The van der Waals surface area contributed by atoms with Crippen molar-refractivity contribution in [2.24, 2.45) is 0 Å². The molecule has 0 saturated carbocycles. The van der Waals surface area contributed by atoms with Crippen molar-refractivity contribution in [3.8, 4) is 11.5 Å². The van der Waals surface area contributed by atoms with Crippen LogP contribution in [-0.4, -0.2) is 22.3 Å². The van der Waals surface area contributed by atoms with Gasteiger partial charge in [-0.3, -0.25) is 9.13 Å². The Morgan fingerprint density at radius 2 is 1.63 bits per heavy atom. The van der Waals surface area contributed by atoms with Crippen molar-refractivity contribution in [3.05, 3.63) is 64.6 Å². The van der Waals surface area contributed by atoms with E-state index in [2.05, 4.69) is 19.6 Å². The number of fused-ring (bicyclic) bond motifs is 1. The van der Waals surface area contributed by atoms with Crippen LogP contribution in [0.2, 0.25) is 0 Å². The first-order valence-electron chi connectivity index (χ1n) is 9.17. The van der Waals surface area contributed by atoms with Gasteiger partial charge < -0.3 is 9.47 Å². The Kier molecular flexibility index (Phi) is 5.40. The van der Waals surface area contributed by atoms with E-state index in [0.717, 1.165) is 22.2 Å². The average molecular weight is 366 g/mol. The van der Waals surface area contributed by atoms with Gasteiger partial charge in [0.15, 0.2) is 11.5 Å². The first-order valence-corrected chi connectivity index (χ1v) is 9.17. The number of benzene rings is 2. The molecule has 0 N–H and O–H groups in total. The van der Waals surface area contributed by atoms with Crippen molar-refractivity contribution in [2.75, 3.05) is 13.2 Å². The summed E-state index contributed by atoms with van der Waals surface area (Å²) in [6.45, 7) is 13.2. The zero-order valence-electron chi connectivity index (χ0n) is 16.4. The maximum Gasteiger partial charge on any atom is 0.333 e. The summed E-state index contributed by atoms with van der Waals surface area (Å²) in [5.74, 6) is 1.39. The molecule has 2 aromatic carbocycles. The number of hydrogen-bond donors (Lipinski definition) is 0. The third-order valence-corrected chi connectivity index (χ3v) is 4.65. The normalized spacial score (nSPS) is 11.0. The minimum Gasteiger partial charge on any atom is -0.490 e. The quantitative estimate of drug-likeness (QED) is 0.623. The van der Waals surface area contributed by atoms with E-state index in [1.165, 1.54) is 0 Å². The molecule has 5 heteroatoms. The predicted molar refractivity (Wildman–Crippen MR) is 110 cm³/mol. The van der Waals surface area contributed by atoms with Crippen LogP contribution in [0, 0.1) is 13.8 Å². The molecule has 0 saturated heterocycles. The minimum absolute atomic E-state index is 0.0933. The van der Waals surface area contributed by atoms with Gasteiger partial charge in [-0.1, -0.05) is 18.7 Å². The summed E-state index contributed by atoms with van der Waals surface area (Å²) in [5.41, 5.74) is 4.69. The monoisotopic (exact) mass is 366 g/mol. The summed E-state index contributed by atoms with van der Waals surface area (Å²) < 4.78 is 14.9. The Morgan fingerprint density at radius 1 is 1.04 bits per heavy atom. The standard InChI is InChI=1S/C22H26N2O3/c1-6-26-20-9-7-8-10-21(20)27-12-11-23-18-13-16(4)17(5)14-19(18)24(15(2)3)22(23)25/h7-10,13-14H,2,6,11-12H2,1,3-5H3. The fourth-order valence-electron chi connectivity index (χ4n) is 3.18. The molecule has 0 aliphatic carbocycles. The van der Waals surface area contributed by atoms with Gasteiger partial charge in [-0.2, -0.15) is 0 Å². The average Bonchev–Trinajstić information content (AvgIpc) is 2.88. The molecule has 1 heterocycles. The number of hydrogen-bond acceptors (Lipinski definition) is 3. The maximum absolute atomic E-state index is 12.9. The highest BCUT2D eigenvalue weighted by Gasteiger charge is 2.15. The van der Waals surface area contributed by atoms with Crippen LogP contribution in [0.3, 0.4) is 0 Å². The van der Waals surface area contributed by atoms with E-state index in [0.29, 0.717) is 37.0 Å². The lowest BCUT2D eigenvalue weighted by molar-refractivity contribution is 0.266. The molecule has 0 aliphatic rings. The number of aryl methyl sites for hydroxylation is 2. The van der Waals surface area contributed by atoms with Crippen LogP contribution >= 0.6 is 0 Å². The van der Waals surface area contributed by atoms with Crippen LogP contribution in [0.15, 0.2) is 47.8 Å². The fraction of sp³-hybridized carbons (Fsp3) is 0.318. The first kappa shape index (κ1) is 18.8.